The van der Waals surface area contributed by atoms with E-state index in [2.05, 4.69) is 38.0 Å². The van der Waals surface area contributed by atoms with E-state index in [-0.39, 0.29) is 0 Å². The summed E-state index contributed by atoms with van der Waals surface area (Å²) in [6.45, 7) is -2.61. The molecular weight excluding hydrogens is 1600 g/mol. The van der Waals surface area contributed by atoms with Crippen molar-refractivity contribution < 1.29 is 240 Å². The quantitative estimate of drug-likeness (QED) is 0.0169. The first-order valence-corrected chi connectivity index (χ1v) is 36.7. The van der Waals surface area contributed by atoms with E-state index in [1.807, 2.05) is 0 Å². The molecule has 59 heteroatoms. The number of carbonyl (C=O) groups is 7. The molecule has 0 aromatic rings. The average Bonchev–Trinajstić information content (AvgIpc) is 0.771. The normalized spacial score (nSPS) is 41.2. The molecule has 7 aliphatic heterocycles. The fourth-order valence-electron chi connectivity index (χ4n) is 11.9. The molecule has 7 heterocycles. The number of ether oxygens (including phenoxy) is 12. The first-order chi connectivity index (χ1) is 50.3. The second-order valence-corrected chi connectivity index (χ2v) is 29.1. The molecule has 22 N–H and O–H groups in total. The van der Waals surface area contributed by atoms with E-state index in [1.165, 1.54) is 0 Å². The third-order valence-electron chi connectivity index (χ3n) is 16.7. The van der Waals surface area contributed by atoms with Gasteiger partial charge in [0.15, 0.2) is 49.8 Å². The van der Waals surface area contributed by atoms with Crippen LogP contribution < -0.4 is 21.3 Å². The highest BCUT2D eigenvalue weighted by Crippen LogP contribution is 2.39. The van der Waals surface area contributed by atoms with Crippen LogP contribution >= 0.6 is 0 Å². The smallest absolute Gasteiger partial charge is 0.397 e. The zero-order valence-electron chi connectivity index (χ0n) is 55.8. The maximum absolute atomic E-state index is 13.2. The third-order valence-corrected chi connectivity index (χ3v) is 18.4. The molecular formula is C50H78N4O51S4. The molecule has 0 saturated carbocycles. The van der Waals surface area contributed by atoms with E-state index < -0.39 is 325 Å². The molecule has 7 saturated heterocycles. The van der Waals surface area contributed by atoms with Crippen LogP contribution in [0.5, 0.6) is 0 Å². The number of amides is 4. The molecule has 0 spiro atoms. The Morgan fingerprint density at radius 2 is 0.596 bits per heavy atom. The van der Waals surface area contributed by atoms with Gasteiger partial charge < -0.3 is 150 Å². The van der Waals surface area contributed by atoms with Crippen molar-refractivity contribution >= 4 is 83.1 Å². The Balaban J connectivity index is 1.13. The molecule has 55 nitrogen and oxygen atoms in total. The van der Waals surface area contributed by atoms with Gasteiger partial charge in [-0.3, -0.25) is 37.4 Å². The number of carboxylic acids is 3. The van der Waals surface area contributed by atoms with Crippen LogP contribution in [0.4, 0.5) is 0 Å². The fourth-order valence-corrected chi connectivity index (χ4v) is 13.1. The maximum Gasteiger partial charge on any atom is 0.397 e. The standard InChI is InChI=1S/C50H78N4O51S4/c1-10(55)51-20-26(62)25(61)16(6-88-106(76,77)78)93-46(20)104-105-47-23(54-13(4)58)29(65)36(19(96-47)9-91-109(85,86)87)99-50-33(69)31(67)38(40(103-50)43(74)75)101-45-22(53-12(3)57)28(64)35(18(95-45)8-90-108(82,83)84)98-49-32(68)30(66)37(39(102-49)42(72)73)100-44-21(52-11(2)56)27(63)34(17(94-44)7-89-107(79,80)81)97-48-24(60)14(59)5-15(92-48)41(70)71/h14-40,44-50,59-69H,5-9H2,1-4H3,(H,51,55)(H,52,56)(H,53,57)(H,54,58)(H,70,71)(H,72,73)(H,74,75)(H,76,77,78)(H,79,80,81)(H,82,83,84)(H,85,86,87)/t14-,15?,16?,17?,18?,19?,20?,21?,22?,23?,24?,25+,26+,27+,28+,29+,30+,31+,32?,33?,34+,35+,36+,37-,38-,39?,40?,44-,45-,46-,47-,48-,49+,50+/m0/s1. The number of aliphatic hydroxyl groups is 11. The van der Waals surface area contributed by atoms with E-state index in [9.17, 15) is 152 Å². The lowest BCUT2D eigenvalue weighted by molar-refractivity contribution is -0.473. The van der Waals surface area contributed by atoms with E-state index in [4.69, 9.17) is 71.2 Å². The molecule has 0 aliphatic carbocycles. The molecule has 0 bridgehead atoms. The summed E-state index contributed by atoms with van der Waals surface area (Å²) in [5.74, 6) is -10.5. The van der Waals surface area contributed by atoms with Crippen LogP contribution in [0.25, 0.3) is 0 Å². The van der Waals surface area contributed by atoms with Gasteiger partial charge in [-0.05, 0) is 0 Å². The van der Waals surface area contributed by atoms with Crippen molar-refractivity contribution in [3.8, 4) is 0 Å². The largest absolute Gasteiger partial charge is 0.479 e. The Hall–Kier alpha value is -5.23. The molecule has 7 rings (SSSR count). The van der Waals surface area contributed by atoms with Gasteiger partial charge in [-0.25, -0.2) is 31.1 Å². The number of rotatable bonds is 32. The topological polar surface area (TPSA) is 834 Å². The van der Waals surface area contributed by atoms with Crippen LogP contribution in [0.1, 0.15) is 34.1 Å². The molecule has 628 valence electrons. The lowest BCUT2D eigenvalue weighted by Crippen LogP contribution is -2.71. The summed E-state index contributed by atoms with van der Waals surface area (Å²) in [5, 5.41) is 164. The number of nitrogens with one attached hydrogen (secondary N) is 4. The van der Waals surface area contributed by atoms with Crippen molar-refractivity contribution in [2.75, 3.05) is 26.4 Å². The van der Waals surface area contributed by atoms with E-state index in [0.29, 0.717) is 0 Å². The minimum absolute atomic E-state index is 0.728. The number of carbonyl (C=O) groups excluding carboxylic acids is 4. The number of carboxylic acid groups (broad SMARTS) is 3. The van der Waals surface area contributed by atoms with Gasteiger partial charge >= 0.3 is 59.5 Å². The first-order valence-electron chi connectivity index (χ1n) is 31.3. The van der Waals surface area contributed by atoms with Crippen molar-refractivity contribution in [3.05, 3.63) is 0 Å². The molecule has 34 atom stereocenters. The highest BCUT2D eigenvalue weighted by Gasteiger charge is 2.61. The number of hydrogen-bond acceptors (Lipinski definition) is 44. The maximum atomic E-state index is 13.2. The van der Waals surface area contributed by atoms with Crippen LogP contribution in [0, 0.1) is 0 Å². The second kappa shape index (κ2) is 37.4. The lowest BCUT2D eigenvalue weighted by atomic mass is 9.93. The highest BCUT2D eigenvalue weighted by atomic mass is 32.3. The zero-order valence-corrected chi connectivity index (χ0v) is 59.1. The molecule has 7 aliphatic rings. The SMILES string of the molecule is CC(=O)NC1[C@H](OO[C@@H]2OC(COS(=O)(=O)O)[C@@H](O[C@@H]3OC(C(=O)O)[C@@H](O[C@@H]4OC(COS(=O)(=O)O)[C@@H](O[C@@H]5OC(C(=O)O)[C@@H](O[C@@H]6OC(COS(=O)(=O)O)[C@@H](O[C@@H]7OC(C(=O)O)C[C@H](O)C7O)[C@H](O)C6NC(C)=O)[C@H](O)C5O)[C@H](O)C4NC(C)=O)[C@H](O)C3O)[C@H](O)C2NC(C)=O)OC(COS(=O)(=O)O)[C@@H](O)[C@@H]1O. The summed E-state index contributed by atoms with van der Waals surface area (Å²) >= 11 is 0. The second-order valence-electron chi connectivity index (χ2n) is 24.7. The summed E-state index contributed by atoms with van der Waals surface area (Å²) in [5.41, 5.74) is 0. The Morgan fingerprint density at radius 1 is 0.321 bits per heavy atom. The van der Waals surface area contributed by atoms with Crippen LogP contribution in [0.3, 0.4) is 0 Å². The molecule has 14 unspecified atom stereocenters. The van der Waals surface area contributed by atoms with Crippen molar-refractivity contribution in [1.29, 1.82) is 0 Å². The van der Waals surface area contributed by atoms with Gasteiger partial charge in [0, 0.05) is 34.1 Å². The highest BCUT2D eigenvalue weighted by molar-refractivity contribution is 7.81. The molecule has 0 aromatic carbocycles. The molecule has 0 radical (unpaired) electrons. The van der Waals surface area contributed by atoms with E-state index >= 15 is 0 Å². The van der Waals surface area contributed by atoms with Crippen molar-refractivity contribution in [3.63, 3.8) is 0 Å². The van der Waals surface area contributed by atoms with E-state index in [1.54, 1.807) is 0 Å². The monoisotopic (exact) mass is 1680 g/mol. The molecule has 109 heavy (non-hydrogen) atoms. The Kier molecular flexibility index (Phi) is 31.2. The summed E-state index contributed by atoms with van der Waals surface area (Å²) in [4.78, 5) is 98.8. The lowest BCUT2D eigenvalue weighted by Gasteiger charge is -2.50. The first kappa shape index (κ1) is 91.0. The average molecular weight is 1680 g/mol. The van der Waals surface area contributed by atoms with Gasteiger partial charge in [-0.1, -0.05) is 0 Å². The summed E-state index contributed by atoms with van der Waals surface area (Å²) < 4.78 is 216. The summed E-state index contributed by atoms with van der Waals surface area (Å²) in [7, 11) is -22.0. The molecule has 7 fully saturated rings. The Labute approximate surface area is 611 Å². The molecule has 0 aromatic heterocycles. The molecule has 4 amide bonds. The van der Waals surface area contributed by atoms with Gasteiger partial charge in [0.2, 0.25) is 36.2 Å². The Bertz CT molecular complexity index is 3650. The van der Waals surface area contributed by atoms with Gasteiger partial charge in [-0.2, -0.15) is 43.4 Å². The number of aliphatic hydroxyl groups excluding tert-OH is 11. The van der Waals surface area contributed by atoms with Crippen molar-refractivity contribution in [1.82, 2.24) is 21.3 Å². The van der Waals surface area contributed by atoms with Gasteiger partial charge in [0.1, 0.15) is 140 Å². The van der Waals surface area contributed by atoms with Crippen LogP contribution in [0.15, 0.2) is 0 Å². The van der Waals surface area contributed by atoms with Crippen LogP contribution in [-0.2, 0) is 159 Å². The van der Waals surface area contributed by atoms with Gasteiger partial charge in [0.25, 0.3) is 0 Å². The zero-order chi connectivity index (χ0) is 81.8. The minimum Gasteiger partial charge on any atom is -0.479 e. The fraction of sp³-hybridized carbons (Fsp3) is 0.860. The minimum atomic E-state index is -5.66. The number of aliphatic carboxylic acids is 3. The van der Waals surface area contributed by atoms with Crippen molar-refractivity contribution in [2.24, 2.45) is 0 Å². The van der Waals surface area contributed by atoms with Crippen LogP contribution in [0.2, 0.25) is 0 Å². The van der Waals surface area contributed by atoms with Gasteiger partial charge in [-0.15, -0.1) is 0 Å². The third kappa shape index (κ3) is 24.2. The predicted molar refractivity (Wildman–Crippen MR) is 321 cm³/mol. The van der Waals surface area contributed by atoms with Crippen molar-refractivity contribution in [2.45, 2.75) is 243 Å². The predicted octanol–water partition coefficient (Wildman–Crippen LogP) is -15.2. The number of hydrogen-bond donors (Lipinski definition) is 22. The van der Waals surface area contributed by atoms with E-state index in [0.717, 1.165) is 27.7 Å². The summed E-state index contributed by atoms with van der Waals surface area (Å²) in [6.07, 6.45) is -73.6. The Morgan fingerprint density at radius 3 is 0.899 bits per heavy atom. The van der Waals surface area contributed by atoms with Gasteiger partial charge in [0.05, 0.1) is 32.5 Å². The van der Waals surface area contributed by atoms with Crippen LogP contribution in [-0.4, -0.2) is 400 Å². The summed E-state index contributed by atoms with van der Waals surface area (Å²) in [6, 6.07) is -8.51.